The number of aromatic nitrogens is 1. The van der Waals surface area contributed by atoms with Gasteiger partial charge in [0.05, 0.1) is 12.0 Å². The van der Waals surface area contributed by atoms with Gasteiger partial charge in [0, 0.05) is 18.0 Å². The van der Waals surface area contributed by atoms with E-state index in [1.807, 2.05) is 0 Å². The maximum atomic E-state index is 12.3. The third kappa shape index (κ3) is 2.85. The fourth-order valence-electron chi connectivity index (χ4n) is 1.74. The SMILES string of the molecule is COc1ccc(C(=O)c2ncccc2S(C)(=O)=O)cc1. The van der Waals surface area contributed by atoms with Gasteiger partial charge in [-0.2, -0.15) is 0 Å². The monoisotopic (exact) mass is 291 g/mol. The molecule has 0 amide bonds. The summed E-state index contributed by atoms with van der Waals surface area (Å²) < 4.78 is 28.4. The molecule has 1 aromatic heterocycles. The largest absolute Gasteiger partial charge is 0.497 e. The third-order valence-electron chi connectivity index (χ3n) is 2.74. The quantitative estimate of drug-likeness (QED) is 0.802. The molecule has 0 fully saturated rings. The molecule has 0 atom stereocenters. The van der Waals surface area contributed by atoms with E-state index < -0.39 is 15.6 Å². The Labute approximate surface area is 117 Å². The number of pyridine rings is 1. The summed E-state index contributed by atoms with van der Waals surface area (Å²) in [5.74, 6) is 0.180. The molecule has 0 saturated carbocycles. The minimum Gasteiger partial charge on any atom is -0.497 e. The van der Waals surface area contributed by atoms with E-state index in [0.29, 0.717) is 11.3 Å². The zero-order valence-corrected chi connectivity index (χ0v) is 11.8. The van der Waals surface area contributed by atoms with Gasteiger partial charge in [-0.25, -0.2) is 8.42 Å². The van der Waals surface area contributed by atoms with E-state index in [4.69, 9.17) is 4.74 Å². The van der Waals surface area contributed by atoms with Crippen LogP contribution in [-0.2, 0) is 9.84 Å². The van der Waals surface area contributed by atoms with E-state index in [9.17, 15) is 13.2 Å². The van der Waals surface area contributed by atoms with Crippen molar-refractivity contribution in [2.24, 2.45) is 0 Å². The standard InChI is InChI=1S/C14H13NO4S/c1-19-11-7-5-10(6-8-11)14(16)13-12(20(2,17)18)4-3-9-15-13/h3-9H,1-2H3. The summed E-state index contributed by atoms with van der Waals surface area (Å²) in [6.07, 6.45) is 2.44. The number of ketones is 1. The first-order valence-electron chi connectivity index (χ1n) is 5.77. The number of sulfone groups is 1. The van der Waals surface area contributed by atoms with Crippen LogP contribution in [0.3, 0.4) is 0 Å². The number of hydrogen-bond acceptors (Lipinski definition) is 5. The topological polar surface area (TPSA) is 73.3 Å². The molecule has 0 saturated heterocycles. The lowest BCUT2D eigenvalue weighted by molar-refractivity contribution is 0.103. The first kappa shape index (κ1) is 14.2. The second kappa shape index (κ2) is 5.42. The average Bonchev–Trinajstić information content (AvgIpc) is 2.46. The molecule has 0 aliphatic carbocycles. The first-order chi connectivity index (χ1) is 9.43. The Morgan fingerprint density at radius 2 is 1.80 bits per heavy atom. The molecule has 0 radical (unpaired) electrons. The molecule has 0 spiro atoms. The Hall–Kier alpha value is -2.21. The maximum absolute atomic E-state index is 12.3. The Morgan fingerprint density at radius 3 is 2.35 bits per heavy atom. The van der Waals surface area contributed by atoms with Gasteiger partial charge in [-0.1, -0.05) is 0 Å². The van der Waals surface area contributed by atoms with Gasteiger partial charge in [0.15, 0.2) is 9.84 Å². The molecule has 1 aromatic carbocycles. The van der Waals surface area contributed by atoms with Crippen LogP contribution in [0, 0.1) is 0 Å². The molecule has 2 aromatic rings. The zero-order valence-electron chi connectivity index (χ0n) is 11.0. The van der Waals surface area contributed by atoms with Crippen molar-refractivity contribution in [1.82, 2.24) is 4.98 Å². The van der Waals surface area contributed by atoms with Gasteiger partial charge < -0.3 is 4.74 Å². The maximum Gasteiger partial charge on any atom is 0.212 e. The van der Waals surface area contributed by atoms with Crippen LogP contribution in [0.5, 0.6) is 5.75 Å². The molecular formula is C14H13NO4S. The Morgan fingerprint density at radius 1 is 1.15 bits per heavy atom. The highest BCUT2D eigenvalue weighted by Gasteiger charge is 2.20. The summed E-state index contributed by atoms with van der Waals surface area (Å²) in [5.41, 5.74) is 0.287. The van der Waals surface area contributed by atoms with Gasteiger partial charge in [0.1, 0.15) is 11.4 Å². The molecule has 1 heterocycles. The van der Waals surface area contributed by atoms with E-state index in [2.05, 4.69) is 4.98 Å². The van der Waals surface area contributed by atoms with E-state index >= 15 is 0 Å². The first-order valence-corrected chi connectivity index (χ1v) is 7.66. The van der Waals surface area contributed by atoms with Crippen LogP contribution in [0.2, 0.25) is 0 Å². The van der Waals surface area contributed by atoms with Gasteiger partial charge in [-0.15, -0.1) is 0 Å². The Kier molecular flexibility index (Phi) is 3.85. The van der Waals surface area contributed by atoms with Gasteiger partial charge in [-0.3, -0.25) is 9.78 Å². The minimum absolute atomic E-state index is 0.0687. The molecule has 2 rings (SSSR count). The predicted molar refractivity (Wildman–Crippen MR) is 73.8 cm³/mol. The van der Waals surface area contributed by atoms with Crippen LogP contribution in [0.15, 0.2) is 47.5 Å². The number of carbonyl (C=O) groups is 1. The molecule has 0 aliphatic heterocycles. The zero-order chi connectivity index (χ0) is 14.8. The van der Waals surface area contributed by atoms with Crippen molar-refractivity contribution in [2.75, 3.05) is 13.4 Å². The number of ether oxygens (including phenoxy) is 1. The summed E-state index contributed by atoms with van der Waals surface area (Å²) in [7, 11) is -1.98. The smallest absolute Gasteiger partial charge is 0.212 e. The molecule has 0 aliphatic rings. The molecule has 5 nitrogen and oxygen atoms in total. The number of nitrogens with zero attached hydrogens (tertiary/aromatic N) is 1. The molecule has 0 bridgehead atoms. The van der Waals surface area contributed by atoms with E-state index in [0.717, 1.165) is 6.26 Å². The number of benzene rings is 1. The summed E-state index contributed by atoms with van der Waals surface area (Å²) in [5, 5.41) is 0. The highest BCUT2D eigenvalue weighted by molar-refractivity contribution is 7.90. The Bertz CT molecular complexity index is 736. The second-order valence-corrected chi connectivity index (χ2v) is 6.16. The summed E-state index contributed by atoms with van der Waals surface area (Å²) in [6, 6.07) is 9.27. The van der Waals surface area contributed by atoms with Crippen LogP contribution in [0.1, 0.15) is 16.1 Å². The highest BCUT2D eigenvalue weighted by Crippen LogP contribution is 2.19. The predicted octanol–water partition coefficient (Wildman–Crippen LogP) is 1.72. The molecule has 20 heavy (non-hydrogen) atoms. The van der Waals surface area contributed by atoms with Crippen molar-refractivity contribution in [2.45, 2.75) is 4.90 Å². The Balaban J connectivity index is 2.48. The number of hydrogen-bond donors (Lipinski definition) is 0. The van der Waals surface area contributed by atoms with E-state index in [1.165, 1.54) is 25.4 Å². The van der Waals surface area contributed by atoms with Crippen LogP contribution in [0.4, 0.5) is 0 Å². The van der Waals surface area contributed by atoms with E-state index in [1.54, 1.807) is 24.3 Å². The summed E-state index contributed by atoms with van der Waals surface area (Å²) in [6.45, 7) is 0. The molecule has 6 heteroatoms. The van der Waals surface area contributed by atoms with Crippen molar-refractivity contribution in [3.63, 3.8) is 0 Å². The van der Waals surface area contributed by atoms with Crippen molar-refractivity contribution < 1.29 is 17.9 Å². The molecule has 104 valence electrons. The van der Waals surface area contributed by atoms with Crippen molar-refractivity contribution in [3.05, 3.63) is 53.9 Å². The highest BCUT2D eigenvalue weighted by atomic mass is 32.2. The second-order valence-electron chi connectivity index (χ2n) is 4.18. The van der Waals surface area contributed by atoms with Gasteiger partial charge >= 0.3 is 0 Å². The summed E-state index contributed by atoms with van der Waals surface area (Å²) >= 11 is 0. The molecule has 0 N–H and O–H groups in total. The summed E-state index contributed by atoms with van der Waals surface area (Å²) in [4.78, 5) is 16.2. The number of methoxy groups -OCH3 is 1. The van der Waals surface area contributed by atoms with Crippen molar-refractivity contribution in [1.29, 1.82) is 0 Å². The number of rotatable bonds is 4. The van der Waals surface area contributed by atoms with Crippen LogP contribution < -0.4 is 4.74 Å². The lowest BCUT2D eigenvalue weighted by Crippen LogP contribution is -2.11. The molecular weight excluding hydrogens is 278 g/mol. The molecule has 0 unspecified atom stereocenters. The van der Waals surface area contributed by atoms with Gasteiger partial charge in [0.2, 0.25) is 5.78 Å². The van der Waals surface area contributed by atoms with Gasteiger partial charge in [-0.05, 0) is 36.4 Å². The van der Waals surface area contributed by atoms with Crippen LogP contribution >= 0.6 is 0 Å². The number of carbonyl (C=O) groups excluding carboxylic acids is 1. The van der Waals surface area contributed by atoms with Crippen molar-refractivity contribution in [3.8, 4) is 5.75 Å². The normalized spacial score (nSPS) is 11.1. The van der Waals surface area contributed by atoms with E-state index in [-0.39, 0.29) is 10.6 Å². The fourth-order valence-corrected chi connectivity index (χ4v) is 2.56. The van der Waals surface area contributed by atoms with Crippen LogP contribution in [-0.4, -0.2) is 32.6 Å². The van der Waals surface area contributed by atoms with Gasteiger partial charge in [0.25, 0.3) is 0 Å². The minimum atomic E-state index is -3.51. The lowest BCUT2D eigenvalue weighted by Gasteiger charge is -2.06. The lowest BCUT2D eigenvalue weighted by atomic mass is 10.1. The third-order valence-corrected chi connectivity index (χ3v) is 3.87. The fraction of sp³-hybridized carbons (Fsp3) is 0.143. The van der Waals surface area contributed by atoms with Crippen molar-refractivity contribution >= 4 is 15.6 Å². The average molecular weight is 291 g/mol. The van der Waals surface area contributed by atoms with Crippen LogP contribution in [0.25, 0.3) is 0 Å².